The number of aryl methyl sites for hydroxylation is 1. The smallest absolute Gasteiger partial charge is 0.387 e. The molecule has 2 aromatic rings. The number of ether oxygens (including phenoxy) is 2. The van der Waals surface area contributed by atoms with Gasteiger partial charge < -0.3 is 9.47 Å². The number of carbonyl (C=O) groups is 1. The summed E-state index contributed by atoms with van der Waals surface area (Å²) in [5.41, 5.74) is -0.0800. The summed E-state index contributed by atoms with van der Waals surface area (Å²) in [5.74, 6) is -2.33. The molecule has 0 aliphatic rings. The average molecular weight is 355 g/mol. The number of hydrogen-bond acceptors (Lipinski definition) is 5. The highest BCUT2D eigenvalue weighted by Gasteiger charge is 2.20. The predicted octanol–water partition coefficient (Wildman–Crippen LogP) is 3.91. The van der Waals surface area contributed by atoms with Crippen LogP contribution in [-0.4, -0.2) is 23.9 Å². The highest BCUT2D eigenvalue weighted by molar-refractivity contribution is 6.00. The van der Waals surface area contributed by atoms with Crippen LogP contribution in [0.1, 0.15) is 15.9 Å². The molecule has 0 aromatic heterocycles. The second-order valence-corrected chi connectivity index (χ2v) is 4.96. The Morgan fingerprint density at radius 1 is 1.20 bits per heavy atom. The zero-order valence-corrected chi connectivity index (χ0v) is 12.9. The molecule has 0 spiro atoms. The number of ketones is 1. The highest BCUT2D eigenvalue weighted by Crippen LogP contribution is 2.28. The van der Waals surface area contributed by atoms with Gasteiger partial charge in [-0.2, -0.15) is 8.78 Å². The number of nitro benzene ring substituents is 1. The van der Waals surface area contributed by atoms with Crippen molar-refractivity contribution in [3.05, 3.63) is 63.5 Å². The van der Waals surface area contributed by atoms with Gasteiger partial charge in [-0.1, -0.05) is 11.6 Å². The maximum atomic E-state index is 13.2. The fourth-order valence-corrected chi connectivity index (χ4v) is 2.04. The first-order valence-corrected chi connectivity index (χ1v) is 6.93. The molecule has 0 unspecified atom stereocenters. The average Bonchev–Trinajstić information content (AvgIpc) is 2.53. The summed E-state index contributed by atoms with van der Waals surface area (Å²) in [4.78, 5) is 22.3. The van der Waals surface area contributed by atoms with Gasteiger partial charge >= 0.3 is 12.3 Å². The first-order valence-electron chi connectivity index (χ1n) is 6.93. The number of alkyl halides is 2. The number of Topliss-reactive ketones (excluding diaryl/α,β-unsaturated/α-hetero) is 1. The lowest BCUT2D eigenvalue weighted by molar-refractivity contribution is -0.385. The lowest BCUT2D eigenvalue weighted by atomic mass is 10.1. The van der Waals surface area contributed by atoms with E-state index < -0.39 is 41.2 Å². The number of hydrogen-bond donors (Lipinski definition) is 0. The van der Waals surface area contributed by atoms with Crippen molar-refractivity contribution < 1.29 is 32.4 Å². The van der Waals surface area contributed by atoms with Crippen molar-refractivity contribution in [1.82, 2.24) is 0 Å². The molecule has 0 heterocycles. The molecule has 0 aliphatic heterocycles. The van der Waals surface area contributed by atoms with Crippen LogP contribution < -0.4 is 9.47 Å². The molecule has 9 heteroatoms. The summed E-state index contributed by atoms with van der Waals surface area (Å²) < 4.78 is 47.4. The SMILES string of the molecule is Cc1ccc(OC(F)F)c(C(=O)COc2cc(F)ccc2[N+](=O)[O-])c1. The van der Waals surface area contributed by atoms with Gasteiger partial charge in [-0.15, -0.1) is 0 Å². The molecule has 0 saturated heterocycles. The van der Waals surface area contributed by atoms with Crippen LogP contribution in [0.3, 0.4) is 0 Å². The topological polar surface area (TPSA) is 78.7 Å². The molecule has 0 radical (unpaired) electrons. The van der Waals surface area contributed by atoms with Gasteiger partial charge in [0.1, 0.15) is 11.6 Å². The molecule has 0 bridgehead atoms. The maximum Gasteiger partial charge on any atom is 0.387 e. The van der Waals surface area contributed by atoms with Crippen LogP contribution >= 0.6 is 0 Å². The largest absolute Gasteiger partial charge is 0.478 e. The molecular formula is C16H12F3NO5. The van der Waals surface area contributed by atoms with E-state index in [1.165, 1.54) is 18.2 Å². The standard InChI is InChI=1S/C16H12F3NO5/c1-9-2-5-14(25-16(18)19)11(6-9)13(21)8-24-15-7-10(17)3-4-12(15)20(22)23/h2-7,16H,8H2,1H3. The van der Waals surface area contributed by atoms with Crippen LogP contribution in [-0.2, 0) is 0 Å². The molecule has 2 aromatic carbocycles. The van der Waals surface area contributed by atoms with Crippen molar-refractivity contribution >= 4 is 11.5 Å². The van der Waals surface area contributed by atoms with E-state index in [2.05, 4.69) is 4.74 Å². The van der Waals surface area contributed by atoms with Crippen molar-refractivity contribution in [3.8, 4) is 11.5 Å². The molecule has 0 atom stereocenters. The van der Waals surface area contributed by atoms with Crippen LogP contribution in [0, 0.1) is 22.9 Å². The van der Waals surface area contributed by atoms with Crippen LogP contribution in [0.15, 0.2) is 36.4 Å². The molecule has 25 heavy (non-hydrogen) atoms. The van der Waals surface area contributed by atoms with E-state index in [9.17, 15) is 28.1 Å². The van der Waals surface area contributed by atoms with Crippen molar-refractivity contribution in [2.75, 3.05) is 6.61 Å². The number of carbonyl (C=O) groups excluding carboxylic acids is 1. The Bertz CT molecular complexity index is 810. The van der Waals surface area contributed by atoms with Crippen molar-refractivity contribution in [1.29, 1.82) is 0 Å². The van der Waals surface area contributed by atoms with E-state index in [1.54, 1.807) is 6.92 Å². The van der Waals surface area contributed by atoms with Gasteiger partial charge in [-0.05, 0) is 25.1 Å². The molecule has 0 saturated carbocycles. The van der Waals surface area contributed by atoms with Crippen LogP contribution in [0.5, 0.6) is 11.5 Å². The normalized spacial score (nSPS) is 10.6. The Labute approximate surface area is 139 Å². The summed E-state index contributed by atoms with van der Waals surface area (Å²) in [7, 11) is 0. The third kappa shape index (κ3) is 4.69. The zero-order chi connectivity index (χ0) is 18.6. The van der Waals surface area contributed by atoms with Crippen LogP contribution in [0.25, 0.3) is 0 Å². The van der Waals surface area contributed by atoms with E-state index >= 15 is 0 Å². The van der Waals surface area contributed by atoms with Crippen molar-refractivity contribution in [3.63, 3.8) is 0 Å². The van der Waals surface area contributed by atoms with Gasteiger partial charge in [0, 0.05) is 12.1 Å². The van der Waals surface area contributed by atoms with Crippen molar-refractivity contribution in [2.24, 2.45) is 0 Å². The number of halogens is 3. The molecule has 6 nitrogen and oxygen atoms in total. The van der Waals surface area contributed by atoms with Gasteiger partial charge in [0.25, 0.3) is 0 Å². The summed E-state index contributed by atoms with van der Waals surface area (Å²) >= 11 is 0. The Morgan fingerprint density at radius 2 is 1.92 bits per heavy atom. The van der Waals surface area contributed by atoms with E-state index in [0.29, 0.717) is 5.56 Å². The number of rotatable bonds is 7. The Hall–Kier alpha value is -3.10. The lowest BCUT2D eigenvalue weighted by Gasteiger charge is -2.11. The quantitative estimate of drug-likeness (QED) is 0.427. The molecular weight excluding hydrogens is 343 g/mol. The minimum Gasteiger partial charge on any atom is -0.478 e. The monoisotopic (exact) mass is 355 g/mol. The summed E-state index contributed by atoms with van der Waals surface area (Å²) in [5, 5.41) is 10.9. The molecule has 0 N–H and O–H groups in total. The summed E-state index contributed by atoms with van der Waals surface area (Å²) in [6, 6.07) is 6.54. The minimum absolute atomic E-state index is 0.167. The number of nitrogens with zero attached hydrogens (tertiary/aromatic N) is 1. The molecule has 0 fully saturated rings. The van der Waals surface area contributed by atoms with Gasteiger partial charge in [0.05, 0.1) is 10.5 Å². The van der Waals surface area contributed by atoms with Gasteiger partial charge in [0.2, 0.25) is 5.78 Å². The van der Waals surface area contributed by atoms with E-state index in [-0.39, 0.29) is 11.3 Å². The highest BCUT2D eigenvalue weighted by atomic mass is 19.3. The third-order valence-electron chi connectivity index (χ3n) is 3.13. The number of nitro groups is 1. The summed E-state index contributed by atoms with van der Waals surface area (Å²) in [6.45, 7) is -2.20. The van der Waals surface area contributed by atoms with Crippen molar-refractivity contribution in [2.45, 2.75) is 13.5 Å². The fourth-order valence-electron chi connectivity index (χ4n) is 2.04. The number of benzene rings is 2. The Morgan fingerprint density at radius 3 is 2.56 bits per heavy atom. The van der Waals surface area contributed by atoms with Crippen LogP contribution in [0.4, 0.5) is 18.9 Å². The molecule has 0 amide bonds. The Balaban J connectivity index is 2.23. The lowest BCUT2D eigenvalue weighted by Crippen LogP contribution is -2.15. The first kappa shape index (κ1) is 18.2. The maximum absolute atomic E-state index is 13.2. The Kier molecular flexibility index (Phi) is 5.58. The third-order valence-corrected chi connectivity index (χ3v) is 3.13. The molecule has 2 rings (SSSR count). The minimum atomic E-state index is -3.13. The van der Waals surface area contributed by atoms with Gasteiger partial charge in [0.15, 0.2) is 12.4 Å². The summed E-state index contributed by atoms with van der Waals surface area (Å²) in [6.07, 6.45) is 0. The zero-order valence-electron chi connectivity index (χ0n) is 12.9. The van der Waals surface area contributed by atoms with Crippen LogP contribution in [0.2, 0.25) is 0 Å². The molecule has 0 aliphatic carbocycles. The van der Waals surface area contributed by atoms with E-state index in [0.717, 1.165) is 18.2 Å². The van der Waals surface area contributed by atoms with Gasteiger partial charge in [-0.25, -0.2) is 4.39 Å². The molecule has 132 valence electrons. The second kappa shape index (κ2) is 7.65. The van der Waals surface area contributed by atoms with E-state index in [4.69, 9.17) is 4.74 Å². The van der Waals surface area contributed by atoms with Gasteiger partial charge in [-0.3, -0.25) is 14.9 Å². The predicted molar refractivity (Wildman–Crippen MR) is 80.7 cm³/mol. The first-order chi connectivity index (χ1) is 11.8. The second-order valence-electron chi connectivity index (χ2n) is 4.96. The fraction of sp³-hybridized carbons (Fsp3) is 0.188. The van der Waals surface area contributed by atoms with E-state index in [1.807, 2.05) is 0 Å².